The summed E-state index contributed by atoms with van der Waals surface area (Å²) in [6.45, 7) is 10.1. The Labute approximate surface area is 202 Å². The molecule has 4 rings (SSSR count). The molecule has 34 heavy (non-hydrogen) atoms. The quantitative estimate of drug-likeness (QED) is 0.559. The number of Topliss-reactive ketones (excluding diaryl/α,β-unsaturated/α-hetero) is 1. The van der Waals surface area contributed by atoms with Gasteiger partial charge >= 0.3 is 5.97 Å². The molecule has 0 spiro atoms. The van der Waals surface area contributed by atoms with Crippen LogP contribution in [0.2, 0.25) is 0 Å². The molecule has 5 nitrogen and oxygen atoms in total. The molecule has 2 aromatic carbocycles. The molecule has 0 bridgehead atoms. The van der Waals surface area contributed by atoms with Crippen molar-refractivity contribution in [2.24, 2.45) is 0 Å². The highest BCUT2D eigenvalue weighted by Gasteiger charge is 2.41. The third-order valence-corrected chi connectivity index (χ3v) is 6.95. The van der Waals surface area contributed by atoms with Crippen LogP contribution in [0.5, 0.6) is 0 Å². The van der Waals surface area contributed by atoms with E-state index in [1.165, 1.54) is 5.56 Å². The molecule has 0 aromatic heterocycles. The first-order valence-electron chi connectivity index (χ1n) is 12.3. The average Bonchev–Trinajstić information content (AvgIpc) is 2.85. The van der Waals surface area contributed by atoms with Gasteiger partial charge in [0.2, 0.25) is 0 Å². The van der Waals surface area contributed by atoms with Gasteiger partial charge in [0, 0.05) is 48.1 Å². The standard InChI is InChI=1S/C29H34N2O3/c1-5-31(6-2)23-15-13-21(14-16-23)27-26(29(33)34-7-3)19(4)30-24-17-22(18-25(32)28(24)27)20-11-9-8-10-12-20/h8-16,22,27,30H,5-7,17-18H2,1-4H3. The summed E-state index contributed by atoms with van der Waals surface area (Å²) < 4.78 is 5.43. The number of ketones is 1. The van der Waals surface area contributed by atoms with Gasteiger partial charge in [-0.05, 0) is 63.3 Å². The third kappa shape index (κ3) is 4.52. The number of ether oxygens (including phenoxy) is 1. The number of nitrogens with zero attached hydrogens (tertiary/aromatic N) is 1. The summed E-state index contributed by atoms with van der Waals surface area (Å²) in [6, 6.07) is 18.5. The minimum Gasteiger partial charge on any atom is -0.463 e. The van der Waals surface area contributed by atoms with Crippen LogP contribution in [0.3, 0.4) is 0 Å². The molecule has 2 aliphatic rings. The van der Waals surface area contributed by atoms with Crippen molar-refractivity contribution in [2.45, 2.75) is 52.4 Å². The number of benzene rings is 2. The maximum atomic E-state index is 13.6. The zero-order valence-corrected chi connectivity index (χ0v) is 20.6. The topological polar surface area (TPSA) is 58.6 Å². The summed E-state index contributed by atoms with van der Waals surface area (Å²) in [7, 11) is 0. The number of hydrogen-bond donors (Lipinski definition) is 1. The summed E-state index contributed by atoms with van der Waals surface area (Å²) in [4.78, 5) is 29.0. The fourth-order valence-electron chi connectivity index (χ4n) is 5.28. The number of esters is 1. The minimum absolute atomic E-state index is 0.0923. The molecule has 1 aliphatic carbocycles. The highest BCUT2D eigenvalue weighted by molar-refractivity contribution is 6.04. The molecule has 0 amide bonds. The zero-order chi connectivity index (χ0) is 24.2. The van der Waals surface area contributed by atoms with Crippen LogP contribution in [0.1, 0.15) is 63.5 Å². The van der Waals surface area contributed by atoms with Gasteiger partial charge in [-0.1, -0.05) is 42.5 Å². The van der Waals surface area contributed by atoms with E-state index < -0.39 is 5.92 Å². The molecular weight excluding hydrogens is 424 g/mol. The first kappa shape index (κ1) is 23.8. The molecule has 178 valence electrons. The van der Waals surface area contributed by atoms with Gasteiger partial charge in [0.25, 0.3) is 0 Å². The van der Waals surface area contributed by atoms with E-state index in [0.29, 0.717) is 24.2 Å². The molecule has 1 aliphatic heterocycles. The minimum atomic E-state index is -0.426. The number of rotatable bonds is 7. The molecular formula is C29H34N2O3. The molecule has 0 saturated heterocycles. The Balaban J connectivity index is 1.77. The first-order valence-corrected chi connectivity index (χ1v) is 12.3. The second-order valence-corrected chi connectivity index (χ2v) is 8.91. The molecule has 2 aromatic rings. The van der Waals surface area contributed by atoms with Gasteiger partial charge in [-0.25, -0.2) is 4.79 Å². The summed E-state index contributed by atoms with van der Waals surface area (Å²) in [6.07, 6.45) is 1.18. The number of allylic oxidation sites excluding steroid dienone is 3. The normalized spacial score (nSPS) is 20.1. The number of carbonyl (C=O) groups excluding carboxylic acids is 2. The van der Waals surface area contributed by atoms with E-state index in [-0.39, 0.29) is 17.7 Å². The van der Waals surface area contributed by atoms with Gasteiger partial charge in [-0.2, -0.15) is 0 Å². The van der Waals surface area contributed by atoms with Gasteiger partial charge < -0.3 is 15.0 Å². The second kappa shape index (κ2) is 10.3. The summed E-state index contributed by atoms with van der Waals surface area (Å²) in [5, 5.41) is 3.41. The van der Waals surface area contributed by atoms with Crippen LogP contribution < -0.4 is 10.2 Å². The number of anilines is 1. The van der Waals surface area contributed by atoms with Crippen LogP contribution in [0.15, 0.2) is 77.1 Å². The van der Waals surface area contributed by atoms with Crippen molar-refractivity contribution < 1.29 is 14.3 Å². The zero-order valence-electron chi connectivity index (χ0n) is 20.6. The van der Waals surface area contributed by atoms with Crippen LogP contribution in [0, 0.1) is 0 Å². The lowest BCUT2D eigenvalue weighted by Gasteiger charge is -2.37. The van der Waals surface area contributed by atoms with E-state index in [1.807, 2.05) is 25.1 Å². The van der Waals surface area contributed by atoms with Gasteiger partial charge in [-0.3, -0.25) is 4.79 Å². The Morgan fingerprint density at radius 1 is 0.971 bits per heavy atom. The maximum Gasteiger partial charge on any atom is 0.336 e. The summed E-state index contributed by atoms with van der Waals surface area (Å²) >= 11 is 0. The van der Waals surface area contributed by atoms with E-state index in [2.05, 4.69) is 60.5 Å². The van der Waals surface area contributed by atoms with E-state index in [9.17, 15) is 9.59 Å². The van der Waals surface area contributed by atoms with Crippen LogP contribution >= 0.6 is 0 Å². The van der Waals surface area contributed by atoms with Crippen LogP contribution in [-0.4, -0.2) is 31.4 Å². The molecule has 0 saturated carbocycles. The first-order chi connectivity index (χ1) is 16.5. The molecule has 0 fully saturated rings. The van der Waals surface area contributed by atoms with Crippen molar-refractivity contribution >= 4 is 17.4 Å². The van der Waals surface area contributed by atoms with E-state index >= 15 is 0 Å². The van der Waals surface area contributed by atoms with Gasteiger partial charge in [0.05, 0.1) is 12.2 Å². The molecule has 0 radical (unpaired) electrons. The molecule has 1 heterocycles. The lowest BCUT2D eigenvalue weighted by molar-refractivity contribution is -0.138. The maximum absolute atomic E-state index is 13.6. The van der Waals surface area contributed by atoms with Crippen LogP contribution in [0.25, 0.3) is 0 Å². The van der Waals surface area contributed by atoms with Crippen molar-refractivity contribution in [2.75, 3.05) is 24.6 Å². The van der Waals surface area contributed by atoms with Crippen molar-refractivity contribution in [1.82, 2.24) is 5.32 Å². The van der Waals surface area contributed by atoms with E-state index in [0.717, 1.165) is 42.2 Å². The lowest BCUT2D eigenvalue weighted by Crippen LogP contribution is -2.36. The van der Waals surface area contributed by atoms with Crippen molar-refractivity contribution in [1.29, 1.82) is 0 Å². The number of dihydropyridines is 1. The predicted molar refractivity (Wildman–Crippen MR) is 136 cm³/mol. The number of hydrogen-bond acceptors (Lipinski definition) is 5. The Morgan fingerprint density at radius 3 is 2.26 bits per heavy atom. The van der Waals surface area contributed by atoms with E-state index in [1.54, 1.807) is 6.92 Å². The highest BCUT2D eigenvalue weighted by Crippen LogP contribution is 2.45. The molecule has 2 atom stereocenters. The Hall–Kier alpha value is -3.34. The highest BCUT2D eigenvalue weighted by atomic mass is 16.5. The second-order valence-electron chi connectivity index (χ2n) is 8.91. The number of nitrogens with one attached hydrogen (secondary N) is 1. The molecule has 5 heteroatoms. The lowest BCUT2D eigenvalue weighted by atomic mass is 9.71. The fraction of sp³-hybridized carbons (Fsp3) is 0.379. The Kier molecular flexibility index (Phi) is 7.20. The summed E-state index contributed by atoms with van der Waals surface area (Å²) in [5.74, 6) is -0.572. The average molecular weight is 459 g/mol. The fourth-order valence-corrected chi connectivity index (χ4v) is 5.28. The van der Waals surface area contributed by atoms with Gasteiger partial charge in [0.15, 0.2) is 5.78 Å². The van der Waals surface area contributed by atoms with Crippen LogP contribution in [-0.2, 0) is 14.3 Å². The number of carbonyl (C=O) groups is 2. The SMILES string of the molecule is CCOC(=O)C1=C(C)NC2=C(C(=O)CC(c3ccccc3)C2)C1c1ccc(N(CC)CC)cc1. The van der Waals surface area contributed by atoms with Gasteiger partial charge in [0.1, 0.15) is 0 Å². The van der Waals surface area contributed by atoms with E-state index in [4.69, 9.17) is 4.74 Å². The molecule has 2 unspecified atom stereocenters. The van der Waals surface area contributed by atoms with Crippen molar-refractivity contribution in [3.8, 4) is 0 Å². The largest absolute Gasteiger partial charge is 0.463 e. The van der Waals surface area contributed by atoms with Gasteiger partial charge in [-0.15, -0.1) is 0 Å². The van der Waals surface area contributed by atoms with Crippen molar-refractivity contribution in [3.63, 3.8) is 0 Å². The Morgan fingerprint density at radius 2 is 1.65 bits per heavy atom. The molecule has 1 N–H and O–H groups in total. The van der Waals surface area contributed by atoms with Crippen LogP contribution in [0.4, 0.5) is 5.69 Å². The van der Waals surface area contributed by atoms with Crippen molar-refractivity contribution in [3.05, 3.63) is 88.3 Å². The Bertz CT molecular complexity index is 1110. The smallest absolute Gasteiger partial charge is 0.336 e. The third-order valence-electron chi connectivity index (χ3n) is 6.95. The summed E-state index contributed by atoms with van der Waals surface area (Å²) in [5.41, 5.74) is 6.17. The predicted octanol–water partition coefficient (Wildman–Crippen LogP) is 5.46. The monoisotopic (exact) mass is 458 g/mol.